The second-order valence-corrected chi connectivity index (χ2v) is 6.61. The standard InChI is InChI=1S/C19H16N2O3S/c22-9-12-11-25-18(20-12)21-19(23)24-10-17-15-7-3-1-5-13(15)14-6-2-4-8-16(14)17/h1-8,11,17,22H,9-10H2,(H,20,21,23). The van der Waals surface area contributed by atoms with Crippen LogP contribution in [-0.4, -0.2) is 22.8 Å². The molecule has 0 aliphatic heterocycles. The number of rotatable bonds is 4. The molecule has 3 aromatic rings. The Bertz CT molecular complexity index is 877. The first-order chi connectivity index (χ1) is 12.3. The number of aromatic nitrogens is 1. The number of benzene rings is 2. The van der Waals surface area contributed by atoms with Crippen molar-refractivity contribution in [1.82, 2.24) is 4.98 Å². The predicted molar refractivity (Wildman–Crippen MR) is 96.7 cm³/mol. The highest BCUT2D eigenvalue weighted by molar-refractivity contribution is 7.13. The molecule has 4 rings (SSSR count). The van der Waals surface area contributed by atoms with E-state index in [1.54, 1.807) is 5.38 Å². The van der Waals surface area contributed by atoms with E-state index in [1.165, 1.54) is 33.6 Å². The van der Waals surface area contributed by atoms with E-state index >= 15 is 0 Å². The third-order valence-corrected chi connectivity index (χ3v) is 5.07. The van der Waals surface area contributed by atoms with E-state index in [1.807, 2.05) is 24.3 Å². The Hall–Kier alpha value is -2.70. The molecule has 0 radical (unpaired) electrons. The second-order valence-electron chi connectivity index (χ2n) is 5.75. The highest BCUT2D eigenvalue weighted by Crippen LogP contribution is 2.44. The van der Waals surface area contributed by atoms with Gasteiger partial charge in [-0.25, -0.2) is 9.78 Å². The molecule has 0 spiro atoms. The first-order valence-electron chi connectivity index (χ1n) is 7.93. The quantitative estimate of drug-likeness (QED) is 0.744. The number of aliphatic hydroxyl groups excluding tert-OH is 1. The minimum absolute atomic E-state index is 0.0300. The number of fused-ring (bicyclic) bond motifs is 3. The smallest absolute Gasteiger partial charge is 0.413 e. The second kappa shape index (κ2) is 6.66. The van der Waals surface area contributed by atoms with Crippen LogP contribution in [0.4, 0.5) is 9.93 Å². The van der Waals surface area contributed by atoms with Crippen LogP contribution in [0, 0.1) is 0 Å². The Balaban J connectivity index is 1.48. The Labute approximate surface area is 148 Å². The van der Waals surface area contributed by atoms with Crippen molar-refractivity contribution in [1.29, 1.82) is 0 Å². The molecule has 1 amide bonds. The van der Waals surface area contributed by atoms with Gasteiger partial charge >= 0.3 is 6.09 Å². The van der Waals surface area contributed by atoms with Crippen molar-refractivity contribution in [3.8, 4) is 11.1 Å². The van der Waals surface area contributed by atoms with Gasteiger partial charge in [0.05, 0.1) is 12.3 Å². The lowest BCUT2D eigenvalue weighted by molar-refractivity contribution is 0.158. The molecule has 2 N–H and O–H groups in total. The molecular weight excluding hydrogens is 336 g/mol. The molecule has 2 aromatic carbocycles. The summed E-state index contributed by atoms with van der Waals surface area (Å²) in [6, 6.07) is 16.4. The Morgan fingerprint density at radius 1 is 1.12 bits per heavy atom. The van der Waals surface area contributed by atoms with Crippen LogP contribution in [0.5, 0.6) is 0 Å². The fourth-order valence-corrected chi connectivity index (χ4v) is 3.85. The maximum atomic E-state index is 12.1. The molecule has 126 valence electrons. The van der Waals surface area contributed by atoms with Crippen molar-refractivity contribution >= 4 is 22.6 Å². The van der Waals surface area contributed by atoms with Crippen molar-refractivity contribution in [3.05, 3.63) is 70.7 Å². The van der Waals surface area contributed by atoms with E-state index in [4.69, 9.17) is 9.84 Å². The van der Waals surface area contributed by atoms with Gasteiger partial charge < -0.3 is 9.84 Å². The number of nitrogens with zero attached hydrogens (tertiary/aromatic N) is 1. The van der Waals surface area contributed by atoms with Crippen LogP contribution in [0.3, 0.4) is 0 Å². The number of amides is 1. The zero-order chi connectivity index (χ0) is 17.2. The van der Waals surface area contributed by atoms with Crippen molar-refractivity contribution < 1.29 is 14.6 Å². The van der Waals surface area contributed by atoms with Crippen molar-refractivity contribution in [2.24, 2.45) is 0 Å². The first-order valence-corrected chi connectivity index (χ1v) is 8.81. The summed E-state index contributed by atoms with van der Waals surface area (Å²) in [4.78, 5) is 16.1. The summed E-state index contributed by atoms with van der Waals surface area (Å²) in [6.45, 7) is 0.112. The highest BCUT2D eigenvalue weighted by Gasteiger charge is 2.29. The molecule has 6 heteroatoms. The molecule has 1 aliphatic carbocycles. The van der Waals surface area contributed by atoms with Gasteiger partial charge in [-0.2, -0.15) is 0 Å². The Morgan fingerprint density at radius 2 is 1.76 bits per heavy atom. The molecule has 0 atom stereocenters. The van der Waals surface area contributed by atoms with Gasteiger partial charge in [0.1, 0.15) is 6.61 Å². The minimum Gasteiger partial charge on any atom is -0.448 e. The van der Waals surface area contributed by atoms with E-state index in [9.17, 15) is 4.79 Å². The van der Waals surface area contributed by atoms with Gasteiger partial charge in [0.2, 0.25) is 0 Å². The first kappa shape index (κ1) is 15.8. The van der Waals surface area contributed by atoms with Gasteiger partial charge in [-0.15, -0.1) is 11.3 Å². The average Bonchev–Trinajstić information content (AvgIpc) is 3.22. The SMILES string of the molecule is O=C(Nc1nc(CO)cs1)OCC1c2ccccc2-c2ccccc21. The fraction of sp³-hybridized carbons (Fsp3) is 0.158. The maximum Gasteiger partial charge on any atom is 0.413 e. The number of hydrogen-bond donors (Lipinski definition) is 2. The summed E-state index contributed by atoms with van der Waals surface area (Å²) in [5, 5.41) is 13.7. The zero-order valence-electron chi connectivity index (χ0n) is 13.3. The van der Waals surface area contributed by atoms with Gasteiger partial charge in [-0.1, -0.05) is 48.5 Å². The number of carbonyl (C=O) groups is 1. The summed E-state index contributed by atoms with van der Waals surface area (Å²) in [6.07, 6.45) is -0.541. The lowest BCUT2D eigenvalue weighted by Crippen LogP contribution is -2.17. The molecule has 1 aliphatic rings. The predicted octanol–water partition coefficient (Wildman–Crippen LogP) is 4.00. The highest BCUT2D eigenvalue weighted by atomic mass is 32.1. The van der Waals surface area contributed by atoms with Crippen molar-refractivity contribution in [2.75, 3.05) is 11.9 Å². The summed E-state index contributed by atoms with van der Waals surface area (Å²) >= 11 is 1.25. The maximum absolute atomic E-state index is 12.1. The third kappa shape index (κ3) is 3.01. The lowest BCUT2D eigenvalue weighted by atomic mass is 9.98. The van der Waals surface area contributed by atoms with Gasteiger partial charge in [-0.05, 0) is 22.3 Å². The molecule has 0 saturated heterocycles. The summed E-state index contributed by atoms with van der Waals surface area (Å²) in [5.74, 6) is 0.0300. The molecule has 1 heterocycles. The van der Waals surface area contributed by atoms with Crippen LogP contribution in [0.15, 0.2) is 53.9 Å². The third-order valence-electron chi connectivity index (χ3n) is 4.27. The number of carbonyl (C=O) groups excluding carboxylic acids is 1. The summed E-state index contributed by atoms with van der Waals surface area (Å²) in [7, 11) is 0. The van der Waals surface area contributed by atoms with E-state index in [2.05, 4.69) is 34.6 Å². The van der Waals surface area contributed by atoms with Crippen LogP contribution in [0.1, 0.15) is 22.7 Å². The summed E-state index contributed by atoms with van der Waals surface area (Å²) < 4.78 is 5.44. The molecule has 25 heavy (non-hydrogen) atoms. The normalized spacial score (nSPS) is 12.5. The van der Waals surface area contributed by atoms with Gasteiger partial charge in [-0.3, -0.25) is 5.32 Å². The molecule has 1 aromatic heterocycles. The van der Waals surface area contributed by atoms with Gasteiger partial charge in [0.25, 0.3) is 0 Å². The fourth-order valence-electron chi connectivity index (χ4n) is 3.16. The van der Waals surface area contributed by atoms with Gasteiger partial charge in [0.15, 0.2) is 5.13 Å². The van der Waals surface area contributed by atoms with Gasteiger partial charge in [0, 0.05) is 11.3 Å². The van der Waals surface area contributed by atoms with E-state index in [-0.39, 0.29) is 19.1 Å². The molecule has 0 saturated carbocycles. The van der Waals surface area contributed by atoms with E-state index in [0.29, 0.717) is 10.8 Å². The molecule has 0 unspecified atom stereocenters. The summed E-state index contributed by atoms with van der Waals surface area (Å²) in [5.41, 5.74) is 5.26. The minimum atomic E-state index is -0.541. The molecule has 5 nitrogen and oxygen atoms in total. The number of nitrogens with one attached hydrogen (secondary N) is 1. The average molecular weight is 352 g/mol. The van der Waals surface area contributed by atoms with E-state index in [0.717, 1.165) is 0 Å². The van der Waals surface area contributed by atoms with E-state index < -0.39 is 6.09 Å². The Morgan fingerprint density at radius 3 is 2.36 bits per heavy atom. The van der Waals surface area contributed by atoms with Crippen LogP contribution in [-0.2, 0) is 11.3 Å². The number of thiazole rings is 1. The number of hydrogen-bond acceptors (Lipinski definition) is 5. The van der Waals surface area contributed by atoms with Crippen molar-refractivity contribution in [3.63, 3.8) is 0 Å². The topological polar surface area (TPSA) is 71.5 Å². The molecule has 0 fully saturated rings. The van der Waals surface area contributed by atoms with Crippen LogP contribution in [0.25, 0.3) is 11.1 Å². The van der Waals surface area contributed by atoms with Crippen LogP contribution in [0.2, 0.25) is 0 Å². The van der Waals surface area contributed by atoms with Crippen LogP contribution < -0.4 is 5.32 Å². The van der Waals surface area contributed by atoms with Crippen LogP contribution >= 0.6 is 11.3 Å². The molecular formula is C19H16N2O3S. The zero-order valence-corrected chi connectivity index (χ0v) is 14.1. The number of ether oxygens (including phenoxy) is 1. The number of anilines is 1. The largest absolute Gasteiger partial charge is 0.448 e. The van der Waals surface area contributed by atoms with Crippen molar-refractivity contribution in [2.45, 2.75) is 12.5 Å². The lowest BCUT2D eigenvalue weighted by Gasteiger charge is -2.14. The monoisotopic (exact) mass is 352 g/mol. The number of aliphatic hydroxyl groups is 1. The molecule has 0 bridgehead atoms. The Kier molecular flexibility index (Phi) is 4.21.